The van der Waals surface area contributed by atoms with Crippen molar-refractivity contribution >= 4 is 53.3 Å². The molecule has 11 rings (SSSR count). The molecule has 0 fully saturated rings. The minimum Gasteiger partial charge on any atom is -0.309 e. The molecule has 262 valence electrons. The van der Waals surface area contributed by atoms with E-state index in [0.717, 1.165) is 22.5 Å². The van der Waals surface area contributed by atoms with Crippen molar-refractivity contribution in [2.24, 2.45) is 0 Å². The fourth-order valence-corrected chi connectivity index (χ4v) is 7.90. The summed E-state index contributed by atoms with van der Waals surface area (Å²) in [6.45, 7) is 0. The Kier molecular flexibility index (Phi) is 4.85. The predicted molar refractivity (Wildman–Crippen MR) is 234 cm³/mol. The lowest BCUT2D eigenvalue weighted by Crippen LogP contribution is -2.04. The van der Waals surface area contributed by atoms with Gasteiger partial charge in [-0.05, 0) is 70.7 Å². The van der Waals surface area contributed by atoms with Crippen molar-refractivity contribution in [1.29, 1.82) is 0 Å². The lowest BCUT2D eigenvalue weighted by molar-refractivity contribution is 1.06. The van der Waals surface area contributed by atoms with Crippen LogP contribution in [0.2, 0.25) is 0 Å². The van der Waals surface area contributed by atoms with Crippen LogP contribution in [0.15, 0.2) is 194 Å². The first-order valence-corrected chi connectivity index (χ1v) is 18.4. The molecule has 0 N–H and O–H groups in total. The van der Waals surface area contributed by atoms with Gasteiger partial charge in [0.05, 0.1) is 37.3 Å². The van der Waals surface area contributed by atoms with Crippen LogP contribution >= 0.6 is 11.3 Å². The van der Waals surface area contributed by atoms with E-state index in [4.69, 9.17) is 28.7 Å². The second-order valence-corrected chi connectivity index (χ2v) is 13.9. The minimum atomic E-state index is -0.623. The van der Waals surface area contributed by atoms with Gasteiger partial charge in [0.2, 0.25) is 0 Å². The van der Waals surface area contributed by atoms with E-state index in [2.05, 4.69) is 0 Å². The van der Waals surface area contributed by atoms with Crippen molar-refractivity contribution in [2.45, 2.75) is 0 Å². The fourth-order valence-electron chi connectivity index (χ4n) is 6.98. The van der Waals surface area contributed by atoms with E-state index in [1.54, 1.807) is 6.07 Å². The van der Waals surface area contributed by atoms with Gasteiger partial charge in [0, 0.05) is 47.6 Å². The number of benzene rings is 8. The molecule has 4 nitrogen and oxygen atoms in total. The molecule has 0 saturated heterocycles. The predicted octanol–water partition coefficient (Wildman–Crippen LogP) is 13.7. The molecular weight excluding hydrogens is 701 g/mol. The second kappa shape index (κ2) is 13.3. The van der Waals surface area contributed by atoms with Crippen LogP contribution in [0.1, 0.15) is 20.6 Å². The van der Waals surface area contributed by atoms with Crippen molar-refractivity contribution in [3.63, 3.8) is 0 Å². The molecule has 0 bridgehead atoms. The maximum atomic E-state index is 9.70. The van der Waals surface area contributed by atoms with E-state index >= 15 is 0 Å². The van der Waals surface area contributed by atoms with Gasteiger partial charge in [-0.25, -0.2) is 15.0 Å². The molecule has 0 aliphatic carbocycles. The quantitative estimate of drug-likeness (QED) is 0.170. The normalized spacial score (nSPS) is 15.3. The van der Waals surface area contributed by atoms with Crippen molar-refractivity contribution in [3.05, 3.63) is 194 Å². The molecule has 0 amide bonds. The average Bonchev–Trinajstić information content (AvgIpc) is 3.98. The Bertz CT molecular complexity index is 4050. The first-order valence-electron chi connectivity index (χ1n) is 25.1. The standard InChI is InChI=1S/C51H32N4S/c1-3-14-33(15-4-1)35-18-13-19-38(30-35)50-52-49(34-16-5-2-6-17-34)53-51(54-50)43-32-36(37-27-29-48-42(31-37)41-22-9-12-25-47(41)56-48)26-28-46(43)55-44-23-10-7-20-39(44)40-21-8-11-24-45(40)55/h1-32H/i7D,8D,9D,10D,11D,12D,20D,21D,22D,23D,24D,25D,27D,29D,31D. The highest BCUT2D eigenvalue weighted by molar-refractivity contribution is 7.25. The highest BCUT2D eigenvalue weighted by Crippen LogP contribution is 2.40. The van der Waals surface area contributed by atoms with E-state index in [0.29, 0.717) is 11.1 Å². The molecule has 0 unspecified atom stereocenters. The topological polar surface area (TPSA) is 43.6 Å². The molecule has 3 heterocycles. The average molecular weight is 748 g/mol. The molecule has 0 aliphatic heterocycles. The van der Waals surface area contributed by atoms with Crippen LogP contribution in [0.3, 0.4) is 0 Å². The van der Waals surface area contributed by atoms with Gasteiger partial charge in [-0.3, -0.25) is 0 Å². The molecule has 0 spiro atoms. The molecule has 0 radical (unpaired) electrons. The summed E-state index contributed by atoms with van der Waals surface area (Å²) in [7, 11) is 0. The minimum absolute atomic E-state index is 0.0205. The number of nitrogens with zero attached hydrogens (tertiary/aromatic N) is 4. The number of hydrogen-bond acceptors (Lipinski definition) is 4. The largest absolute Gasteiger partial charge is 0.309 e. The third-order valence-corrected chi connectivity index (χ3v) is 10.6. The van der Waals surface area contributed by atoms with E-state index in [-0.39, 0.29) is 106 Å². The van der Waals surface area contributed by atoms with Gasteiger partial charge in [0.1, 0.15) is 0 Å². The van der Waals surface area contributed by atoms with Crippen LogP contribution in [-0.2, 0) is 0 Å². The lowest BCUT2D eigenvalue weighted by atomic mass is 9.99. The first-order chi connectivity index (χ1) is 34.0. The summed E-state index contributed by atoms with van der Waals surface area (Å²) in [6, 6.07) is 23.5. The summed E-state index contributed by atoms with van der Waals surface area (Å²) in [5.74, 6) is 0.409. The maximum absolute atomic E-state index is 9.70. The zero-order valence-corrected chi connectivity index (χ0v) is 29.8. The summed E-state index contributed by atoms with van der Waals surface area (Å²) in [5, 5.41) is -0.229. The SMILES string of the molecule is [2H]c1c([2H])c([2H])c2c(sc3c([2H])c([2H])c(-c4ccc(-n5c6c([2H])c([2H])c([2H])c([2H])c6c6c([2H])c([2H])c([2H])c([2H])c65)c(-c5nc(-c6ccccc6)nc(-c6cccc(-c7ccccc7)c6)n5)c4)c([2H])c32)c1[2H]. The first kappa shape index (κ1) is 20.5. The molecule has 3 aromatic heterocycles. The molecule has 0 saturated carbocycles. The fraction of sp³-hybridized carbons (Fsp3) is 0. The summed E-state index contributed by atoms with van der Waals surface area (Å²) >= 11 is 0.903. The van der Waals surface area contributed by atoms with E-state index < -0.39 is 66.5 Å². The van der Waals surface area contributed by atoms with Gasteiger partial charge in [-0.2, -0.15) is 0 Å². The smallest absolute Gasteiger partial charge is 0.166 e. The number of hydrogen-bond donors (Lipinski definition) is 0. The molecular formula is C51H32N4S. The number of rotatable bonds is 6. The Morgan fingerprint density at radius 1 is 0.411 bits per heavy atom. The molecule has 5 heteroatoms. The third-order valence-electron chi connectivity index (χ3n) is 9.58. The van der Waals surface area contributed by atoms with Crippen molar-refractivity contribution < 1.29 is 20.6 Å². The van der Waals surface area contributed by atoms with E-state index in [1.807, 2.05) is 84.9 Å². The summed E-state index contributed by atoms with van der Waals surface area (Å²) in [6.07, 6.45) is 0. The van der Waals surface area contributed by atoms with Crippen LogP contribution < -0.4 is 0 Å². The van der Waals surface area contributed by atoms with Crippen LogP contribution in [0.25, 0.3) is 104 Å². The lowest BCUT2D eigenvalue weighted by Gasteiger charge is -2.16. The van der Waals surface area contributed by atoms with Crippen LogP contribution in [0.5, 0.6) is 0 Å². The van der Waals surface area contributed by atoms with E-state index in [9.17, 15) is 6.85 Å². The molecule has 0 aliphatic rings. The monoisotopic (exact) mass is 747 g/mol. The number of fused-ring (bicyclic) bond motifs is 6. The van der Waals surface area contributed by atoms with E-state index in [1.165, 1.54) is 16.7 Å². The Morgan fingerprint density at radius 3 is 1.73 bits per heavy atom. The van der Waals surface area contributed by atoms with Crippen LogP contribution in [0.4, 0.5) is 0 Å². The zero-order valence-electron chi connectivity index (χ0n) is 44.0. The van der Waals surface area contributed by atoms with Gasteiger partial charge < -0.3 is 4.57 Å². The zero-order chi connectivity index (χ0) is 50.1. The Morgan fingerprint density at radius 2 is 0.982 bits per heavy atom. The Labute approximate surface area is 348 Å². The number of aromatic nitrogens is 4. The van der Waals surface area contributed by atoms with Crippen molar-refractivity contribution in [3.8, 4) is 62.1 Å². The van der Waals surface area contributed by atoms with Gasteiger partial charge in [-0.1, -0.05) is 145 Å². The number of thiophene rings is 1. The summed E-state index contributed by atoms with van der Waals surface area (Å²) in [5.41, 5.74) is 2.89. The number of para-hydroxylation sites is 2. The van der Waals surface area contributed by atoms with Crippen LogP contribution in [0, 0.1) is 0 Å². The van der Waals surface area contributed by atoms with Crippen molar-refractivity contribution in [1.82, 2.24) is 19.5 Å². The molecule has 56 heavy (non-hydrogen) atoms. The highest BCUT2D eigenvalue weighted by atomic mass is 32.1. The highest BCUT2D eigenvalue weighted by Gasteiger charge is 2.21. The summed E-state index contributed by atoms with van der Waals surface area (Å²) in [4.78, 5) is 15.1. The molecule has 8 aromatic carbocycles. The summed E-state index contributed by atoms with van der Waals surface area (Å²) < 4.78 is 136. The molecule has 0 atom stereocenters. The van der Waals surface area contributed by atoms with Gasteiger partial charge >= 0.3 is 0 Å². The van der Waals surface area contributed by atoms with Crippen molar-refractivity contribution in [2.75, 3.05) is 0 Å². The third kappa shape index (κ3) is 5.48. The van der Waals surface area contributed by atoms with Crippen LogP contribution in [-0.4, -0.2) is 19.5 Å². The Hall–Kier alpha value is -7.21. The second-order valence-electron chi connectivity index (χ2n) is 12.9. The molecule has 11 aromatic rings. The van der Waals surface area contributed by atoms with Gasteiger partial charge in [-0.15, -0.1) is 11.3 Å². The van der Waals surface area contributed by atoms with Gasteiger partial charge in [0.15, 0.2) is 17.5 Å². The Balaban J connectivity index is 1.30. The van der Waals surface area contributed by atoms with Gasteiger partial charge in [0.25, 0.3) is 0 Å². The maximum Gasteiger partial charge on any atom is 0.166 e.